The molecular formula is C12H17NO3. The van der Waals surface area contributed by atoms with Crippen LogP contribution in [0.3, 0.4) is 0 Å². The van der Waals surface area contributed by atoms with E-state index in [1.54, 1.807) is 0 Å². The molecule has 3 N–H and O–H groups in total. The number of rotatable bonds is 2. The van der Waals surface area contributed by atoms with Gasteiger partial charge in [0.15, 0.2) is 6.29 Å². The van der Waals surface area contributed by atoms with Gasteiger partial charge in [0.1, 0.15) is 5.75 Å². The summed E-state index contributed by atoms with van der Waals surface area (Å²) in [6, 6.07) is 3.76. The molecule has 1 aliphatic rings. The zero-order chi connectivity index (χ0) is 11.7. The molecule has 0 radical (unpaired) electrons. The van der Waals surface area contributed by atoms with Gasteiger partial charge in [-0.25, -0.2) is 0 Å². The van der Waals surface area contributed by atoms with Crippen LogP contribution in [0.1, 0.15) is 23.0 Å². The molecule has 1 heterocycles. The molecule has 0 aromatic heterocycles. The Labute approximate surface area is 95.0 Å². The van der Waals surface area contributed by atoms with E-state index in [1.165, 1.54) is 0 Å². The third-order valence-corrected chi connectivity index (χ3v) is 2.80. The number of aryl methyl sites for hydroxylation is 2. The summed E-state index contributed by atoms with van der Waals surface area (Å²) in [4.78, 5) is 0. The number of phenolic OH excluding ortho intramolecular Hbond substituents is 1. The van der Waals surface area contributed by atoms with Gasteiger partial charge in [-0.1, -0.05) is 0 Å². The summed E-state index contributed by atoms with van der Waals surface area (Å²) in [5.41, 5.74) is 8.11. The number of hydrogen-bond acceptors (Lipinski definition) is 4. The predicted molar refractivity (Wildman–Crippen MR) is 60.2 cm³/mol. The Bertz CT molecular complexity index is 369. The third kappa shape index (κ3) is 2.04. The van der Waals surface area contributed by atoms with Crippen LogP contribution in [0.2, 0.25) is 0 Å². The highest BCUT2D eigenvalue weighted by Gasteiger charge is 2.26. The van der Waals surface area contributed by atoms with Gasteiger partial charge in [0.05, 0.1) is 12.7 Å². The van der Waals surface area contributed by atoms with Crippen LogP contribution in [0, 0.1) is 13.8 Å². The van der Waals surface area contributed by atoms with Crippen molar-refractivity contribution in [1.29, 1.82) is 0 Å². The molecule has 0 bridgehead atoms. The second-order valence-corrected chi connectivity index (χ2v) is 4.16. The van der Waals surface area contributed by atoms with Gasteiger partial charge < -0.3 is 20.3 Å². The van der Waals surface area contributed by atoms with Gasteiger partial charge >= 0.3 is 0 Å². The van der Waals surface area contributed by atoms with Gasteiger partial charge in [-0.3, -0.25) is 0 Å². The molecule has 4 nitrogen and oxygen atoms in total. The fourth-order valence-corrected chi connectivity index (χ4v) is 1.87. The van der Waals surface area contributed by atoms with Crippen LogP contribution in [0.25, 0.3) is 0 Å². The van der Waals surface area contributed by atoms with Crippen molar-refractivity contribution >= 4 is 0 Å². The second-order valence-electron chi connectivity index (χ2n) is 4.16. The summed E-state index contributed by atoms with van der Waals surface area (Å²) < 4.78 is 11.1. The quantitative estimate of drug-likeness (QED) is 0.795. The van der Waals surface area contributed by atoms with Crippen molar-refractivity contribution in [1.82, 2.24) is 0 Å². The maximum Gasteiger partial charge on any atom is 0.184 e. The number of nitrogens with two attached hydrogens (primary N) is 1. The molecule has 0 saturated carbocycles. The maximum atomic E-state index is 9.67. The monoisotopic (exact) mass is 223 g/mol. The fraction of sp³-hybridized carbons (Fsp3) is 0.500. The molecule has 1 saturated heterocycles. The Kier molecular flexibility index (Phi) is 3.14. The molecule has 0 spiro atoms. The molecule has 1 aromatic carbocycles. The highest BCUT2D eigenvalue weighted by Crippen LogP contribution is 2.31. The average Bonchev–Trinajstić information content (AvgIpc) is 2.73. The highest BCUT2D eigenvalue weighted by molar-refractivity contribution is 5.42. The minimum atomic E-state index is -0.355. The maximum absolute atomic E-state index is 9.67. The number of phenols is 1. The molecule has 88 valence electrons. The zero-order valence-electron chi connectivity index (χ0n) is 9.56. The minimum absolute atomic E-state index is 0.0283. The van der Waals surface area contributed by atoms with E-state index in [-0.39, 0.29) is 12.4 Å². The van der Waals surface area contributed by atoms with Gasteiger partial charge in [0.2, 0.25) is 0 Å². The highest BCUT2D eigenvalue weighted by atomic mass is 16.7. The Morgan fingerprint density at radius 2 is 2.00 bits per heavy atom. The van der Waals surface area contributed by atoms with Gasteiger partial charge in [-0.15, -0.1) is 0 Å². The van der Waals surface area contributed by atoms with Crippen molar-refractivity contribution in [3.05, 3.63) is 28.8 Å². The van der Waals surface area contributed by atoms with Gasteiger partial charge in [0.25, 0.3) is 0 Å². The fourth-order valence-electron chi connectivity index (χ4n) is 1.87. The predicted octanol–water partition coefficient (Wildman–Crippen LogP) is 1.38. The molecule has 2 rings (SSSR count). The van der Waals surface area contributed by atoms with Crippen molar-refractivity contribution in [2.75, 3.05) is 13.2 Å². The molecule has 1 aromatic rings. The van der Waals surface area contributed by atoms with E-state index in [1.807, 2.05) is 26.0 Å². The topological polar surface area (TPSA) is 64.7 Å². The zero-order valence-corrected chi connectivity index (χ0v) is 9.56. The first-order chi connectivity index (χ1) is 7.61. The molecule has 4 heteroatoms. The summed E-state index contributed by atoms with van der Waals surface area (Å²) in [5, 5.41) is 9.67. The van der Waals surface area contributed by atoms with E-state index in [0.717, 1.165) is 16.7 Å². The lowest BCUT2D eigenvalue weighted by Crippen LogP contribution is -2.21. The van der Waals surface area contributed by atoms with Crippen LogP contribution in [0.4, 0.5) is 0 Å². The van der Waals surface area contributed by atoms with Crippen LogP contribution in [0.15, 0.2) is 12.1 Å². The molecular weight excluding hydrogens is 206 g/mol. The van der Waals surface area contributed by atoms with Crippen LogP contribution in [-0.4, -0.2) is 24.4 Å². The Balaban J connectivity index is 2.22. The summed E-state index contributed by atoms with van der Waals surface area (Å²) >= 11 is 0. The molecule has 0 amide bonds. The van der Waals surface area contributed by atoms with Crippen LogP contribution in [0.5, 0.6) is 5.75 Å². The van der Waals surface area contributed by atoms with Crippen molar-refractivity contribution in [3.63, 3.8) is 0 Å². The average molecular weight is 223 g/mol. The molecule has 16 heavy (non-hydrogen) atoms. The summed E-state index contributed by atoms with van der Waals surface area (Å²) in [5.74, 6) is 0.331. The van der Waals surface area contributed by atoms with E-state index in [0.29, 0.717) is 18.9 Å². The molecule has 0 aliphatic carbocycles. The lowest BCUT2D eigenvalue weighted by atomic mass is 10.1. The Morgan fingerprint density at radius 3 is 2.50 bits per heavy atom. The second kappa shape index (κ2) is 4.41. The van der Waals surface area contributed by atoms with Crippen molar-refractivity contribution in [2.24, 2.45) is 5.73 Å². The number of hydrogen-bond donors (Lipinski definition) is 2. The lowest BCUT2D eigenvalue weighted by molar-refractivity contribution is -0.0586. The molecule has 1 fully saturated rings. The first-order valence-electron chi connectivity index (χ1n) is 5.39. The third-order valence-electron chi connectivity index (χ3n) is 2.80. The standard InChI is InChI=1S/C12H17NO3/c1-7-3-9(4-8(2)11(7)14)12-15-6-10(5-13)16-12/h3-4,10,12,14H,5-6,13H2,1-2H3. The summed E-state index contributed by atoms with van der Waals surface area (Å²) in [6.07, 6.45) is -0.383. The van der Waals surface area contributed by atoms with Crippen molar-refractivity contribution < 1.29 is 14.6 Å². The van der Waals surface area contributed by atoms with E-state index < -0.39 is 0 Å². The largest absolute Gasteiger partial charge is 0.507 e. The minimum Gasteiger partial charge on any atom is -0.507 e. The molecule has 1 aliphatic heterocycles. The van der Waals surface area contributed by atoms with Crippen molar-refractivity contribution in [2.45, 2.75) is 26.2 Å². The SMILES string of the molecule is Cc1cc(C2OCC(CN)O2)cc(C)c1O. The smallest absolute Gasteiger partial charge is 0.184 e. The van der Waals surface area contributed by atoms with E-state index in [9.17, 15) is 5.11 Å². The van der Waals surface area contributed by atoms with Crippen LogP contribution >= 0.6 is 0 Å². The Hall–Kier alpha value is -1.10. The number of benzene rings is 1. The number of aromatic hydroxyl groups is 1. The summed E-state index contributed by atoms with van der Waals surface area (Å²) in [6.45, 7) is 4.72. The van der Waals surface area contributed by atoms with Gasteiger partial charge in [0, 0.05) is 12.1 Å². The van der Waals surface area contributed by atoms with E-state index in [2.05, 4.69) is 0 Å². The molecule has 2 atom stereocenters. The van der Waals surface area contributed by atoms with Gasteiger partial charge in [-0.05, 0) is 37.1 Å². The van der Waals surface area contributed by atoms with E-state index in [4.69, 9.17) is 15.2 Å². The van der Waals surface area contributed by atoms with Gasteiger partial charge in [-0.2, -0.15) is 0 Å². The lowest BCUT2D eigenvalue weighted by Gasteiger charge is -2.13. The normalized spacial score (nSPS) is 24.9. The van der Waals surface area contributed by atoms with Crippen molar-refractivity contribution in [3.8, 4) is 5.75 Å². The van der Waals surface area contributed by atoms with E-state index >= 15 is 0 Å². The summed E-state index contributed by atoms with van der Waals surface area (Å²) in [7, 11) is 0. The Morgan fingerprint density at radius 1 is 1.38 bits per heavy atom. The first kappa shape index (κ1) is 11.4. The van der Waals surface area contributed by atoms with Crippen LogP contribution < -0.4 is 5.73 Å². The van der Waals surface area contributed by atoms with Crippen LogP contribution in [-0.2, 0) is 9.47 Å². The first-order valence-corrected chi connectivity index (χ1v) is 5.39. The number of ether oxygens (including phenoxy) is 2. The molecule has 2 unspecified atom stereocenters.